The fourth-order valence-electron chi connectivity index (χ4n) is 0.773. The van der Waals surface area contributed by atoms with Crippen LogP contribution in [0.1, 0.15) is 0 Å². The number of hydrogen-bond acceptors (Lipinski definition) is 1. The second kappa shape index (κ2) is 4.43. The van der Waals surface area contributed by atoms with Gasteiger partial charge in [0.1, 0.15) is 0 Å². The summed E-state index contributed by atoms with van der Waals surface area (Å²) in [6.45, 7) is 0.799. The Kier molecular flexibility index (Phi) is 3.42. The van der Waals surface area contributed by atoms with Gasteiger partial charge in [0.2, 0.25) is 0 Å². The highest BCUT2D eigenvalue weighted by Gasteiger charge is 1.87. The van der Waals surface area contributed by atoms with E-state index in [1.165, 1.54) is 5.30 Å². The number of benzene rings is 1. The van der Waals surface area contributed by atoms with Crippen molar-refractivity contribution in [2.24, 2.45) is 5.73 Å². The molecule has 1 nitrogen and oxygen atoms in total. The van der Waals surface area contributed by atoms with Crippen LogP contribution in [0.3, 0.4) is 0 Å². The molecule has 10 heavy (non-hydrogen) atoms. The van der Waals surface area contributed by atoms with E-state index in [9.17, 15) is 0 Å². The molecule has 1 rings (SSSR count). The molecule has 0 spiro atoms. The first-order valence-corrected chi connectivity index (χ1v) is 4.63. The summed E-state index contributed by atoms with van der Waals surface area (Å²) in [7, 11) is 0.879. The normalized spacial score (nSPS) is 10.9. The Morgan fingerprint density at radius 1 is 1.20 bits per heavy atom. The molecule has 1 aromatic rings. The van der Waals surface area contributed by atoms with Crippen molar-refractivity contribution < 1.29 is 0 Å². The Bertz CT molecular complexity index is 174. The van der Waals surface area contributed by atoms with Crippen LogP contribution in [0.25, 0.3) is 0 Å². The van der Waals surface area contributed by atoms with E-state index in [1.54, 1.807) is 0 Å². The molecular weight excluding hydrogens is 141 g/mol. The predicted octanol–water partition coefficient (Wildman–Crippen LogP) is 0.949. The summed E-state index contributed by atoms with van der Waals surface area (Å²) in [5.41, 5.74) is 5.38. The molecule has 0 bridgehead atoms. The highest BCUT2D eigenvalue weighted by atomic mass is 31.1. The van der Waals surface area contributed by atoms with Gasteiger partial charge in [-0.3, -0.25) is 0 Å². The highest BCUT2D eigenvalue weighted by Crippen LogP contribution is 2.06. The summed E-state index contributed by atoms with van der Waals surface area (Å²) < 4.78 is 0. The maximum absolute atomic E-state index is 5.38. The van der Waals surface area contributed by atoms with E-state index in [1.807, 2.05) is 6.07 Å². The zero-order valence-corrected chi connectivity index (χ0v) is 6.88. The molecule has 0 aromatic heterocycles. The van der Waals surface area contributed by atoms with Crippen molar-refractivity contribution >= 4 is 13.9 Å². The molecule has 0 aliphatic rings. The third kappa shape index (κ3) is 2.47. The molecule has 0 aliphatic carbocycles. The third-order valence-electron chi connectivity index (χ3n) is 1.25. The molecule has 1 unspecified atom stereocenters. The summed E-state index contributed by atoms with van der Waals surface area (Å²) >= 11 is 0. The predicted molar refractivity (Wildman–Crippen MR) is 48.3 cm³/mol. The lowest BCUT2D eigenvalue weighted by Crippen LogP contribution is -2.03. The molecule has 0 amide bonds. The van der Waals surface area contributed by atoms with E-state index in [-0.39, 0.29) is 0 Å². The fourth-order valence-corrected chi connectivity index (χ4v) is 1.63. The molecule has 1 aromatic carbocycles. The fraction of sp³-hybridized carbons (Fsp3) is 0.250. The molecule has 0 fully saturated rings. The van der Waals surface area contributed by atoms with Crippen LogP contribution in [0.2, 0.25) is 0 Å². The van der Waals surface area contributed by atoms with Crippen molar-refractivity contribution in [3.63, 3.8) is 0 Å². The van der Waals surface area contributed by atoms with E-state index < -0.39 is 0 Å². The van der Waals surface area contributed by atoms with Crippen molar-refractivity contribution in [2.45, 2.75) is 0 Å². The Morgan fingerprint density at radius 3 is 2.50 bits per heavy atom. The maximum atomic E-state index is 5.38. The van der Waals surface area contributed by atoms with Crippen molar-refractivity contribution in [3.8, 4) is 0 Å². The van der Waals surface area contributed by atoms with E-state index in [0.29, 0.717) is 0 Å². The monoisotopic (exact) mass is 153 g/mol. The standard InChI is InChI=1S/C8H12NP/c9-6-7-10-8-4-2-1-3-5-8/h1-5,10H,6-7,9H2. The van der Waals surface area contributed by atoms with Gasteiger partial charge >= 0.3 is 0 Å². The summed E-state index contributed by atoms with van der Waals surface area (Å²) in [6.07, 6.45) is 1.12. The van der Waals surface area contributed by atoms with Crippen molar-refractivity contribution in [1.29, 1.82) is 0 Å². The van der Waals surface area contributed by atoms with Crippen LogP contribution in [-0.4, -0.2) is 12.7 Å². The highest BCUT2D eigenvalue weighted by molar-refractivity contribution is 7.47. The van der Waals surface area contributed by atoms with Crippen LogP contribution in [0.5, 0.6) is 0 Å². The number of nitrogens with two attached hydrogens (primary N) is 1. The molecule has 0 aliphatic heterocycles. The van der Waals surface area contributed by atoms with Crippen LogP contribution in [-0.2, 0) is 0 Å². The van der Waals surface area contributed by atoms with Gasteiger partial charge in [0.05, 0.1) is 0 Å². The molecule has 0 radical (unpaired) electrons. The van der Waals surface area contributed by atoms with Gasteiger partial charge in [0, 0.05) is 0 Å². The van der Waals surface area contributed by atoms with Gasteiger partial charge in [-0.15, -0.1) is 0 Å². The maximum Gasteiger partial charge on any atom is -0.00372 e. The minimum Gasteiger partial charge on any atom is -0.330 e. The minimum absolute atomic E-state index is 0.799. The lowest BCUT2D eigenvalue weighted by molar-refractivity contribution is 1.15. The smallest absolute Gasteiger partial charge is 0.00372 e. The van der Waals surface area contributed by atoms with Gasteiger partial charge < -0.3 is 5.73 Å². The number of hydrogen-bond donors (Lipinski definition) is 1. The second-order valence-corrected chi connectivity index (χ2v) is 3.51. The van der Waals surface area contributed by atoms with Crippen molar-refractivity contribution in [3.05, 3.63) is 30.3 Å². The molecule has 0 saturated carbocycles. The Morgan fingerprint density at radius 2 is 1.90 bits per heavy atom. The Labute approximate surface area is 63.4 Å². The minimum atomic E-state index is 0.799. The molecule has 54 valence electrons. The van der Waals surface area contributed by atoms with Gasteiger partial charge in [0.25, 0.3) is 0 Å². The van der Waals surface area contributed by atoms with Crippen LogP contribution in [0.4, 0.5) is 0 Å². The summed E-state index contributed by atoms with van der Waals surface area (Å²) in [6, 6.07) is 10.5. The largest absolute Gasteiger partial charge is 0.330 e. The average Bonchev–Trinajstić information content (AvgIpc) is 2.03. The topological polar surface area (TPSA) is 26.0 Å². The Hall–Kier alpha value is -0.390. The van der Waals surface area contributed by atoms with Crippen molar-refractivity contribution in [1.82, 2.24) is 0 Å². The van der Waals surface area contributed by atoms with E-state index in [2.05, 4.69) is 24.3 Å². The first-order chi connectivity index (χ1) is 4.93. The Balaban J connectivity index is 2.43. The van der Waals surface area contributed by atoms with Crippen LogP contribution in [0, 0.1) is 0 Å². The van der Waals surface area contributed by atoms with Gasteiger partial charge in [-0.2, -0.15) is 0 Å². The molecule has 0 saturated heterocycles. The molecule has 0 heterocycles. The van der Waals surface area contributed by atoms with Gasteiger partial charge in [-0.25, -0.2) is 0 Å². The van der Waals surface area contributed by atoms with E-state index in [0.717, 1.165) is 21.3 Å². The SMILES string of the molecule is NCCPc1ccccc1. The number of rotatable bonds is 3. The van der Waals surface area contributed by atoms with Crippen LogP contribution >= 0.6 is 8.58 Å². The zero-order valence-electron chi connectivity index (χ0n) is 5.88. The van der Waals surface area contributed by atoms with Gasteiger partial charge in [0.15, 0.2) is 0 Å². The van der Waals surface area contributed by atoms with Crippen molar-refractivity contribution in [2.75, 3.05) is 12.7 Å². The van der Waals surface area contributed by atoms with E-state index in [4.69, 9.17) is 5.73 Å². The summed E-state index contributed by atoms with van der Waals surface area (Å²) in [4.78, 5) is 0. The molecule has 2 N–H and O–H groups in total. The third-order valence-corrected chi connectivity index (χ3v) is 2.53. The molecule has 2 heteroatoms. The van der Waals surface area contributed by atoms with Crippen LogP contribution < -0.4 is 11.0 Å². The summed E-state index contributed by atoms with van der Waals surface area (Å²) in [5.74, 6) is 0. The first-order valence-electron chi connectivity index (χ1n) is 3.42. The van der Waals surface area contributed by atoms with Gasteiger partial charge in [-0.1, -0.05) is 38.9 Å². The first kappa shape index (κ1) is 7.71. The lowest BCUT2D eigenvalue weighted by Gasteiger charge is -1.96. The van der Waals surface area contributed by atoms with Gasteiger partial charge in [-0.05, 0) is 18.0 Å². The molecular formula is C8H12NP. The zero-order chi connectivity index (χ0) is 7.23. The van der Waals surface area contributed by atoms with E-state index >= 15 is 0 Å². The average molecular weight is 153 g/mol. The lowest BCUT2D eigenvalue weighted by atomic mass is 10.4. The van der Waals surface area contributed by atoms with Crippen LogP contribution in [0.15, 0.2) is 30.3 Å². The summed E-state index contributed by atoms with van der Waals surface area (Å²) in [5, 5.41) is 1.41. The second-order valence-electron chi connectivity index (χ2n) is 2.08. The quantitative estimate of drug-likeness (QED) is 0.643. The molecule has 1 atom stereocenters.